The molecule has 4 heteroatoms. The van der Waals surface area contributed by atoms with E-state index >= 15 is 0 Å². The highest BCUT2D eigenvalue weighted by Gasteiger charge is 2.13. The van der Waals surface area contributed by atoms with E-state index in [1.165, 1.54) is 6.92 Å². The SMILES string of the molecule is C[C@@H](NC(=O)CCc1ccccc1)C(=O)O. The van der Waals surface area contributed by atoms with Crippen LogP contribution in [0.2, 0.25) is 0 Å². The molecule has 0 spiro atoms. The van der Waals surface area contributed by atoms with Crippen LogP contribution >= 0.6 is 0 Å². The summed E-state index contributed by atoms with van der Waals surface area (Å²) < 4.78 is 0. The fraction of sp³-hybridized carbons (Fsp3) is 0.333. The van der Waals surface area contributed by atoms with Crippen molar-refractivity contribution in [1.29, 1.82) is 0 Å². The number of carboxylic acid groups (broad SMARTS) is 1. The van der Waals surface area contributed by atoms with Gasteiger partial charge in [-0.25, -0.2) is 0 Å². The van der Waals surface area contributed by atoms with E-state index in [4.69, 9.17) is 5.11 Å². The summed E-state index contributed by atoms with van der Waals surface area (Å²) in [5.41, 5.74) is 1.07. The van der Waals surface area contributed by atoms with E-state index in [1.807, 2.05) is 30.3 Å². The predicted molar refractivity (Wildman–Crippen MR) is 60.0 cm³/mol. The highest BCUT2D eigenvalue weighted by atomic mass is 16.4. The molecule has 0 aliphatic heterocycles. The highest BCUT2D eigenvalue weighted by Crippen LogP contribution is 2.02. The van der Waals surface area contributed by atoms with Crippen LogP contribution in [-0.2, 0) is 16.0 Å². The Morgan fingerprint density at radius 2 is 1.94 bits per heavy atom. The summed E-state index contributed by atoms with van der Waals surface area (Å²) in [6, 6.07) is 8.78. The summed E-state index contributed by atoms with van der Waals surface area (Å²) in [7, 11) is 0. The molecule has 1 aromatic carbocycles. The molecule has 0 saturated carbocycles. The molecule has 0 fully saturated rings. The minimum atomic E-state index is -1.02. The maximum atomic E-state index is 11.4. The van der Waals surface area contributed by atoms with Crippen molar-refractivity contribution in [2.24, 2.45) is 0 Å². The summed E-state index contributed by atoms with van der Waals surface area (Å²) >= 11 is 0. The van der Waals surface area contributed by atoms with Crippen LogP contribution in [0.25, 0.3) is 0 Å². The van der Waals surface area contributed by atoms with Crippen molar-refractivity contribution in [3.8, 4) is 0 Å². The first-order chi connectivity index (χ1) is 7.59. The van der Waals surface area contributed by atoms with Gasteiger partial charge in [0.05, 0.1) is 0 Å². The van der Waals surface area contributed by atoms with Gasteiger partial charge in [-0.1, -0.05) is 30.3 Å². The average Bonchev–Trinajstić information content (AvgIpc) is 2.27. The highest BCUT2D eigenvalue weighted by molar-refractivity contribution is 5.83. The second-order valence-corrected chi connectivity index (χ2v) is 3.61. The number of rotatable bonds is 5. The third-order valence-corrected chi connectivity index (χ3v) is 2.23. The van der Waals surface area contributed by atoms with Crippen LogP contribution in [0.3, 0.4) is 0 Å². The first kappa shape index (κ1) is 12.2. The monoisotopic (exact) mass is 221 g/mol. The number of nitrogens with one attached hydrogen (secondary N) is 1. The van der Waals surface area contributed by atoms with Crippen molar-refractivity contribution in [2.45, 2.75) is 25.8 Å². The van der Waals surface area contributed by atoms with Gasteiger partial charge in [-0.15, -0.1) is 0 Å². The van der Waals surface area contributed by atoms with Crippen LogP contribution in [0.5, 0.6) is 0 Å². The number of amides is 1. The third-order valence-electron chi connectivity index (χ3n) is 2.23. The smallest absolute Gasteiger partial charge is 0.325 e. The minimum absolute atomic E-state index is 0.237. The van der Waals surface area contributed by atoms with Gasteiger partial charge in [0.1, 0.15) is 6.04 Å². The molecule has 0 saturated heterocycles. The summed E-state index contributed by atoms with van der Waals surface area (Å²) in [5.74, 6) is -1.26. The Morgan fingerprint density at radius 3 is 2.50 bits per heavy atom. The second-order valence-electron chi connectivity index (χ2n) is 3.61. The zero-order chi connectivity index (χ0) is 12.0. The molecular weight excluding hydrogens is 206 g/mol. The lowest BCUT2D eigenvalue weighted by molar-refractivity contribution is -0.141. The lowest BCUT2D eigenvalue weighted by atomic mass is 10.1. The molecule has 1 amide bonds. The summed E-state index contributed by atoms with van der Waals surface area (Å²) in [6.45, 7) is 1.45. The van der Waals surface area contributed by atoms with Gasteiger partial charge in [-0.2, -0.15) is 0 Å². The van der Waals surface area contributed by atoms with Crippen molar-refractivity contribution < 1.29 is 14.7 Å². The van der Waals surface area contributed by atoms with Crippen molar-refractivity contribution in [3.05, 3.63) is 35.9 Å². The Labute approximate surface area is 94.3 Å². The van der Waals surface area contributed by atoms with Crippen molar-refractivity contribution in [3.63, 3.8) is 0 Å². The molecule has 0 radical (unpaired) electrons. The van der Waals surface area contributed by atoms with E-state index in [9.17, 15) is 9.59 Å². The molecule has 86 valence electrons. The fourth-order valence-electron chi connectivity index (χ4n) is 1.28. The maximum absolute atomic E-state index is 11.4. The number of benzene rings is 1. The van der Waals surface area contributed by atoms with Crippen LogP contribution in [0, 0.1) is 0 Å². The van der Waals surface area contributed by atoms with Crippen LogP contribution in [-0.4, -0.2) is 23.0 Å². The molecule has 0 aliphatic rings. The van der Waals surface area contributed by atoms with Gasteiger partial charge in [0, 0.05) is 6.42 Å². The van der Waals surface area contributed by atoms with Gasteiger partial charge in [0.25, 0.3) is 0 Å². The number of aliphatic carboxylic acids is 1. The molecule has 0 aromatic heterocycles. The Bertz CT molecular complexity index is 362. The van der Waals surface area contributed by atoms with E-state index < -0.39 is 12.0 Å². The number of carbonyl (C=O) groups is 2. The molecule has 4 nitrogen and oxygen atoms in total. The van der Waals surface area contributed by atoms with Gasteiger partial charge < -0.3 is 10.4 Å². The van der Waals surface area contributed by atoms with Gasteiger partial charge in [0.2, 0.25) is 5.91 Å². The molecule has 0 bridgehead atoms. The van der Waals surface area contributed by atoms with Gasteiger partial charge in [-0.3, -0.25) is 9.59 Å². The second kappa shape index (κ2) is 5.90. The van der Waals surface area contributed by atoms with Crippen molar-refractivity contribution >= 4 is 11.9 Å². The zero-order valence-corrected chi connectivity index (χ0v) is 9.14. The molecule has 16 heavy (non-hydrogen) atoms. The molecule has 1 aromatic rings. The zero-order valence-electron chi connectivity index (χ0n) is 9.14. The molecule has 1 atom stereocenters. The van der Waals surface area contributed by atoms with E-state index in [0.29, 0.717) is 12.8 Å². The van der Waals surface area contributed by atoms with Crippen molar-refractivity contribution in [2.75, 3.05) is 0 Å². The molecule has 2 N–H and O–H groups in total. The van der Waals surface area contributed by atoms with Crippen LogP contribution in [0.15, 0.2) is 30.3 Å². The standard InChI is InChI=1S/C12H15NO3/c1-9(12(15)16)13-11(14)8-7-10-5-3-2-4-6-10/h2-6,9H,7-8H2,1H3,(H,13,14)(H,15,16)/t9-/m1/s1. The fourth-order valence-corrected chi connectivity index (χ4v) is 1.28. The van der Waals surface area contributed by atoms with Gasteiger partial charge >= 0.3 is 5.97 Å². The topological polar surface area (TPSA) is 66.4 Å². The van der Waals surface area contributed by atoms with Gasteiger partial charge in [-0.05, 0) is 18.9 Å². The molecule has 1 rings (SSSR count). The first-order valence-corrected chi connectivity index (χ1v) is 5.15. The molecule has 0 unspecified atom stereocenters. The number of hydrogen-bond acceptors (Lipinski definition) is 2. The number of carboxylic acids is 1. The quantitative estimate of drug-likeness (QED) is 0.785. The van der Waals surface area contributed by atoms with E-state index in [0.717, 1.165) is 5.56 Å². The Kier molecular flexibility index (Phi) is 4.51. The average molecular weight is 221 g/mol. The predicted octanol–water partition coefficient (Wildman–Crippen LogP) is 1.21. The largest absolute Gasteiger partial charge is 0.480 e. The Morgan fingerprint density at radius 1 is 1.31 bits per heavy atom. The lowest BCUT2D eigenvalue weighted by Gasteiger charge is -2.08. The van der Waals surface area contributed by atoms with Gasteiger partial charge in [0.15, 0.2) is 0 Å². The molecular formula is C12H15NO3. The Hall–Kier alpha value is -1.84. The summed E-state index contributed by atoms with van der Waals surface area (Å²) in [4.78, 5) is 21.9. The van der Waals surface area contributed by atoms with Crippen LogP contribution in [0.4, 0.5) is 0 Å². The third kappa shape index (κ3) is 4.13. The van der Waals surface area contributed by atoms with E-state index in [-0.39, 0.29) is 5.91 Å². The van der Waals surface area contributed by atoms with E-state index in [1.54, 1.807) is 0 Å². The number of aryl methyl sites for hydroxylation is 1. The number of hydrogen-bond donors (Lipinski definition) is 2. The van der Waals surface area contributed by atoms with Crippen LogP contribution < -0.4 is 5.32 Å². The number of carbonyl (C=O) groups excluding carboxylic acids is 1. The maximum Gasteiger partial charge on any atom is 0.325 e. The molecule has 0 heterocycles. The Balaban J connectivity index is 2.33. The summed E-state index contributed by atoms with van der Waals surface area (Å²) in [6.07, 6.45) is 0.931. The van der Waals surface area contributed by atoms with E-state index in [2.05, 4.69) is 5.32 Å². The van der Waals surface area contributed by atoms with Crippen molar-refractivity contribution in [1.82, 2.24) is 5.32 Å². The summed E-state index contributed by atoms with van der Waals surface area (Å²) in [5, 5.41) is 11.0. The normalized spacial score (nSPS) is 11.8. The van der Waals surface area contributed by atoms with Crippen LogP contribution in [0.1, 0.15) is 18.9 Å². The minimum Gasteiger partial charge on any atom is -0.480 e. The molecule has 0 aliphatic carbocycles. The first-order valence-electron chi connectivity index (χ1n) is 5.15. The lowest BCUT2D eigenvalue weighted by Crippen LogP contribution is -2.38.